The normalized spacial score (nSPS) is 15.9. The van der Waals surface area contributed by atoms with Gasteiger partial charge in [-0.3, -0.25) is 0 Å². The van der Waals surface area contributed by atoms with Crippen LogP contribution in [0.25, 0.3) is 0 Å². The summed E-state index contributed by atoms with van der Waals surface area (Å²) in [6.07, 6.45) is 1.87. The molecule has 0 aliphatic carbocycles. The number of carbonyl (C=O) groups is 2. The van der Waals surface area contributed by atoms with Gasteiger partial charge in [0.25, 0.3) is 0 Å². The molecule has 148 valence electrons. The SMILES string of the molecule is Cc1cc(Cl)ccc1OCC(=O)Oc1ccc(C(=O)OCC2CCCO2)cc1. The Hall–Kier alpha value is -2.57. The highest BCUT2D eigenvalue weighted by atomic mass is 35.5. The van der Waals surface area contributed by atoms with Crippen molar-refractivity contribution in [1.82, 2.24) is 0 Å². The lowest BCUT2D eigenvalue weighted by Crippen LogP contribution is -2.18. The number of carbonyl (C=O) groups excluding carboxylic acids is 2. The Morgan fingerprint density at radius 1 is 1.18 bits per heavy atom. The Morgan fingerprint density at radius 2 is 1.96 bits per heavy atom. The molecule has 6 nitrogen and oxygen atoms in total. The molecule has 0 amide bonds. The van der Waals surface area contributed by atoms with Gasteiger partial charge in [0, 0.05) is 11.6 Å². The minimum absolute atomic E-state index is 0.0199. The van der Waals surface area contributed by atoms with E-state index in [1.807, 2.05) is 6.92 Å². The third-order valence-corrected chi connectivity index (χ3v) is 4.46. The molecule has 1 atom stereocenters. The maximum absolute atomic E-state index is 12.0. The number of halogens is 1. The molecule has 2 aromatic rings. The third kappa shape index (κ3) is 5.71. The standard InChI is InChI=1S/C21H21ClO6/c1-14-11-16(22)6-9-19(14)26-13-20(23)28-17-7-4-15(5-8-17)21(24)27-12-18-3-2-10-25-18/h4-9,11,18H,2-3,10,12-13H2,1H3. The second-order valence-corrected chi connectivity index (χ2v) is 6.87. The third-order valence-electron chi connectivity index (χ3n) is 4.23. The first-order chi connectivity index (χ1) is 13.5. The molecule has 7 heteroatoms. The van der Waals surface area contributed by atoms with Gasteiger partial charge in [-0.25, -0.2) is 9.59 Å². The topological polar surface area (TPSA) is 71.1 Å². The zero-order chi connectivity index (χ0) is 19.9. The second kappa shape index (κ2) is 9.57. The van der Waals surface area contributed by atoms with Crippen molar-refractivity contribution in [2.45, 2.75) is 25.9 Å². The average molecular weight is 405 g/mol. The zero-order valence-corrected chi connectivity index (χ0v) is 16.2. The fraction of sp³-hybridized carbons (Fsp3) is 0.333. The van der Waals surface area contributed by atoms with Gasteiger partial charge in [-0.1, -0.05) is 11.6 Å². The van der Waals surface area contributed by atoms with Crippen LogP contribution in [0.5, 0.6) is 11.5 Å². The van der Waals surface area contributed by atoms with Gasteiger partial charge in [-0.2, -0.15) is 0 Å². The van der Waals surface area contributed by atoms with E-state index in [2.05, 4.69) is 0 Å². The van der Waals surface area contributed by atoms with Crippen molar-refractivity contribution in [3.8, 4) is 11.5 Å². The molecule has 3 rings (SSSR count). The van der Waals surface area contributed by atoms with Gasteiger partial charge in [0.2, 0.25) is 0 Å². The van der Waals surface area contributed by atoms with Crippen LogP contribution in [0.2, 0.25) is 5.02 Å². The number of benzene rings is 2. The molecule has 1 aliphatic heterocycles. The van der Waals surface area contributed by atoms with E-state index >= 15 is 0 Å². The number of hydrogen-bond donors (Lipinski definition) is 0. The van der Waals surface area contributed by atoms with E-state index in [9.17, 15) is 9.59 Å². The van der Waals surface area contributed by atoms with Crippen LogP contribution in [-0.2, 0) is 14.3 Å². The lowest BCUT2D eigenvalue weighted by molar-refractivity contribution is -0.136. The Morgan fingerprint density at radius 3 is 2.64 bits per heavy atom. The van der Waals surface area contributed by atoms with Crippen LogP contribution in [0.1, 0.15) is 28.8 Å². The second-order valence-electron chi connectivity index (χ2n) is 6.43. The quantitative estimate of drug-likeness (QED) is 0.513. The molecule has 0 N–H and O–H groups in total. The van der Waals surface area contributed by atoms with Crippen molar-refractivity contribution in [2.75, 3.05) is 19.8 Å². The summed E-state index contributed by atoms with van der Waals surface area (Å²) < 4.78 is 21.3. The maximum Gasteiger partial charge on any atom is 0.349 e. The van der Waals surface area contributed by atoms with Gasteiger partial charge in [0.1, 0.15) is 18.1 Å². The Balaban J connectivity index is 1.46. The number of hydrogen-bond acceptors (Lipinski definition) is 6. The zero-order valence-electron chi connectivity index (χ0n) is 15.5. The highest BCUT2D eigenvalue weighted by Gasteiger charge is 2.18. The number of rotatable bonds is 7. The first kappa shape index (κ1) is 20.2. The van der Waals surface area contributed by atoms with Gasteiger partial charge in [0.05, 0.1) is 11.7 Å². The fourth-order valence-electron chi connectivity index (χ4n) is 2.76. The predicted octanol–water partition coefficient (Wildman–Crippen LogP) is 3.97. The highest BCUT2D eigenvalue weighted by molar-refractivity contribution is 6.30. The molecular weight excluding hydrogens is 384 g/mol. The number of aryl methyl sites for hydroxylation is 1. The van der Waals surface area contributed by atoms with Crippen molar-refractivity contribution >= 4 is 23.5 Å². The highest BCUT2D eigenvalue weighted by Crippen LogP contribution is 2.22. The fourth-order valence-corrected chi connectivity index (χ4v) is 2.99. The van der Waals surface area contributed by atoms with E-state index in [0.29, 0.717) is 28.7 Å². The van der Waals surface area contributed by atoms with Crippen molar-refractivity contribution in [2.24, 2.45) is 0 Å². The first-order valence-corrected chi connectivity index (χ1v) is 9.37. The Kier molecular flexibility index (Phi) is 6.90. The number of esters is 2. The smallest absolute Gasteiger partial charge is 0.349 e. The summed E-state index contributed by atoms with van der Waals surface area (Å²) in [7, 11) is 0. The summed E-state index contributed by atoms with van der Waals surface area (Å²) in [5.41, 5.74) is 1.21. The molecule has 0 bridgehead atoms. The molecule has 1 saturated heterocycles. The van der Waals surface area contributed by atoms with E-state index < -0.39 is 11.9 Å². The molecule has 0 aromatic heterocycles. The average Bonchev–Trinajstić information content (AvgIpc) is 3.19. The Bertz CT molecular complexity index is 827. The lowest BCUT2D eigenvalue weighted by atomic mass is 10.2. The maximum atomic E-state index is 12.0. The summed E-state index contributed by atoms with van der Waals surface area (Å²) in [4.78, 5) is 24.0. The molecule has 1 fully saturated rings. The summed E-state index contributed by atoms with van der Waals surface area (Å²) in [5, 5.41) is 0.599. The minimum Gasteiger partial charge on any atom is -0.482 e. The minimum atomic E-state index is -0.553. The van der Waals surface area contributed by atoms with Gasteiger partial charge < -0.3 is 18.9 Å². The van der Waals surface area contributed by atoms with Crippen molar-refractivity contribution in [3.05, 3.63) is 58.6 Å². The molecular formula is C21H21ClO6. The molecule has 1 heterocycles. The number of ether oxygens (including phenoxy) is 4. The summed E-state index contributed by atoms with van der Waals surface area (Å²) in [6.45, 7) is 2.55. The van der Waals surface area contributed by atoms with Crippen molar-refractivity contribution in [1.29, 1.82) is 0 Å². The summed E-state index contributed by atoms with van der Waals surface area (Å²) >= 11 is 5.89. The van der Waals surface area contributed by atoms with Crippen LogP contribution in [-0.4, -0.2) is 37.9 Å². The van der Waals surface area contributed by atoms with Gasteiger partial charge in [-0.15, -0.1) is 0 Å². The summed E-state index contributed by atoms with van der Waals surface area (Å²) in [5.74, 6) is -0.110. The van der Waals surface area contributed by atoms with E-state index in [4.69, 9.17) is 30.5 Å². The van der Waals surface area contributed by atoms with Crippen molar-refractivity contribution in [3.63, 3.8) is 0 Å². The molecule has 2 aromatic carbocycles. The molecule has 0 saturated carbocycles. The van der Waals surface area contributed by atoms with E-state index in [1.165, 1.54) is 12.1 Å². The van der Waals surface area contributed by atoms with Crippen molar-refractivity contribution < 1.29 is 28.5 Å². The van der Waals surface area contributed by atoms with Crippen LogP contribution < -0.4 is 9.47 Å². The molecule has 0 spiro atoms. The van der Waals surface area contributed by atoms with Crippen LogP contribution in [0.15, 0.2) is 42.5 Å². The molecule has 1 unspecified atom stereocenters. The van der Waals surface area contributed by atoms with Gasteiger partial charge in [-0.05, 0) is 67.8 Å². The van der Waals surface area contributed by atoms with E-state index in [-0.39, 0.29) is 19.3 Å². The van der Waals surface area contributed by atoms with Gasteiger partial charge in [0.15, 0.2) is 6.61 Å². The van der Waals surface area contributed by atoms with Crippen LogP contribution in [0, 0.1) is 6.92 Å². The summed E-state index contributed by atoms with van der Waals surface area (Å²) in [6, 6.07) is 11.3. The van der Waals surface area contributed by atoms with Crippen LogP contribution >= 0.6 is 11.6 Å². The Labute approximate surface area is 168 Å². The molecule has 28 heavy (non-hydrogen) atoms. The largest absolute Gasteiger partial charge is 0.482 e. The molecule has 1 aliphatic rings. The van der Waals surface area contributed by atoms with E-state index in [0.717, 1.165) is 18.4 Å². The monoisotopic (exact) mass is 404 g/mol. The van der Waals surface area contributed by atoms with Crippen LogP contribution in [0.3, 0.4) is 0 Å². The first-order valence-electron chi connectivity index (χ1n) is 8.99. The van der Waals surface area contributed by atoms with Crippen LogP contribution in [0.4, 0.5) is 0 Å². The molecule has 0 radical (unpaired) electrons. The lowest BCUT2D eigenvalue weighted by Gasteiger charge is -2.11. The van der Waals surface area contributed by atoms with Gasteiger partial charge >= 0.3 is 11.9 Å². The predicted molar refractivity (Wildman–Crippen MR) is 103 cm³/mol. The van der Waals surface area contributed by atoms with E-state index in [1.54, 1.807) is 30.3 Å².